The van der Waals surface area contributed by atoms with E-state index in [0.717, 1.165) is 24.2 Å². The van der Waals surface area contributed by atoms with Gasteiger partial charge in [0.1, 0.15) is 12.4 Å². The van der Waals surface area contributed by atoms with Crippen molar-refractivity contribution in [3.8, 4) is 18.1 Å². The Morgan fingerprint density at radius 3 is 2.94 bits per heavy atom. The number of terminal acetylenes is 1. The highest BCUT2D eigenvalue weighted by atomic mass is 16.5. The maximum Gasteiger partial charge on any atom is 0.148 e. The van der Waals surface area contributed by atoms with Gasteiger partial charge in [-0.2, -0.15) is 0 Å². The van der Waals surface area contributed by atoms with Gasteiger partial charge in [-0.15, -0.1) is 6.42 Å². The Kier molecular flexibility index (Phi) is 6.93. The smallest absolute Gasteiger partial charge is 0.148 e. The second kappa shape index (κ2) is 8.57. The van der Waals surface area contributed by atoms with E-state index >= 15 is 0 Å². The number of rotatable bonds is 8. The maximum atomic E-state index is 9.62. The van der Waals surface area contributed by atoms with E-state index in [1.54, 1.807) is 0 Å². The molecule has 0 radical (unpaired) electrons. The number of ether oxygens (including phenoxy) is 1. The average Bonchev–Trinajstić information content (AvgIpc) is 2.38. The van der Waals surface area contributed by atoms with Crippen molar-refractivity contribution >= 4 is 0 Å². The molecule has 1 rings (SSSR count). The summed E-state index contributed by atoms with van der Waals surface area (Å²) in [5.41, 5.74) is 1.05. The van der Waals surface area contributed by atoms with Gasteiger partial charge in [-0.25, -0.2) is 0 Å². The van der Waals surface area contributed by atoms with E-state index in [1.807, 2.05) is 24.3 Å². The molecule has 0 spiro atoms. The van der Waals surface area contributed by atoms with Crippen molar-refractivity contribution in [2.45, 2.75) is 32.4 Å². The van der Waals surface area contributed by atoms with Crippen LogP contribution in [0.1, 0.15) is 25.3 Å². The zero-order valence-corrected chi connectivity index (χ0v) is 10.9. The third kappa shape index (κ3) is 5.22. The zero-order valence-electron chi connectivity index (χ0n) is 10.9. The molecule has 1 unspecified atom stereocenters. The van der Waals surface area contributed by atoms with Gasteiger partial charge in [0.05, 0.1) is 6.10 Å². The van der Waals surface area contributed by atoms with Crippen LogP contribution in [0.15, 0.2) is 24.3 Å². The highest BCUT2D eigenvalue weighted by molar-refractivity contribution is 5.33. The van der Waals surface area contributed by atoms with Crippen LogP contribution in [0.3, 0.4) is 0 Å². The molecule has 0 aromatic heterocycles. The fourth-order valence-electron chi connectivity index (χ4n) is 1.72. The summed E-state index contributed by atoms with van der Waals surface area (Å²) in [5, 5.41) is 12.8. The van der Waals surface area contributed by atoms with Crippen LogP contribution in [0.2, 0.25) is 0 Å². The predicted molar refractivity (Wildman–Crippen MR) is 73.4 cm³/mol. The van der Waals surface area contributed by atoms with Crippen molar-refractivity contribution in [2.24, 2.45) is 0 Å². The Balaban J connectivity index is 2.43. The van der Waals surface area contributed by atoms with E-state index < -0.39 is 0 Å². The normalized spacial score (nSPS) is 11.8. The molecule has 0 aliphatic heterocycles. The van der Waals surface area contributed by atoms with E-state index in [2.05, 4.69) is 18.2 Å². The van der Waals surface area contributed by atoms with Crippen LogP contribution in [0.25, 0.3) is 0 Å². The minimum Gasteiger partial charge on any atom is -0.481 e. The van der Waals surface area contributed by atoms with Crippen LogP contribution >= 0.6 is 0 Å². The van der Waals surface area contributed by atoms with Crippen molar-refractivity contribution in [3.63, 3.8) is 0 Å². The molecule has 0 saturated carbocycles. The van der Waals surface area contributed by atoms with Crippen molar-refractivity contribution in [1.29, 1.82) is 0 Å². The number of benzene rings is 1. The Bertz CT molecular complexity index is 384. The topological polar surface area (TPSA) is 41.5 Å². The molecule has 0 amide bonds. The fourth-order valence-corrected chi connectivity index (χ4v) is 1.72. The van der Waals surface area contributed by atoms with Gasteiger partial charge >= 0.3 is 0 Å². The number of aliphatic hydroxyl groups is 1. The highest BCUT2D eigenvalue weighted by Crippen LogP contribution is 2.17. The minimum absolute atomic E-state index is 0.273. The summed E-state index contributed by atoms with van der Waals surface area (Å²) in [6.45, 7) is 3.60. The Labute approximate surface area is 109 Å². The van der Waals surface area contributed by atoms with Gasteiger partial charge in [0, 0.05) is 18.7 Å². The van der Waals surface area contributed by atoms with E-state index in [-0.39, 0.29) is 12.7 Å². The second-order valence-corrected chi connectivity index (χ2v) is 4.17. The molecule has 0 bridgehead atoms. The second-order valence-electron chi connectivity index (χ2n) is 4.17. The Morgan fingerprint density at radius 2 is 2.22 bits per heavy atom. The monoisotopic (exact) mass is 247 g/mol. The van der Waals surface area contributed by atoms with Crippen molar-refractivity contribution < 1.29 is 9.84 Å². The first kappa shape index (κ1) is 14.6. The first-order chi connectivity index (χ1) is 8.77. The third-order valence-electron chi connectivity index (χ3n) is 2.60. The molecule has 2 N–H and O–H groups in total. The molecule has 0 aliphatic carbocycles. The summed E-state index contributed by atoms with van der Waals surface area (Å²) in [6.07, 6.45) is 6.70. The molecule has 0 aliphatic rings. The lowest BCUT2D eigenvalue weighted by Crippen LogP contribution is -2.26. The van der Waals surface area contributed by atoms with Gasteiger partial charge in [0.25, 0.3) is 0 Å². The van der Waals surface area contributed by atoms with Gasteiger partial charge in [-0.3, -0.25) is 0 Å². The lowest BCUT2D eigenvalue weighted by atomic mass is 10.2. The molecule has 0 saturated heterocycles. The average molecular weight is 247 g/mol. The standard InChI is InChI=1S/C15H21NO2/c1-3-7-14(17)12-16-11-13-8-5-6-9-15(13)18-10-4-2/h2,5-6,8-9,14,16-17H,3,7,10-12H2,1H3. The Hall–Kier alpha value is -1.50. The van der Waals surface area contributed by atoms with Crippen LogP contribution in [0, 0.1) is 12.3 Å². The van der Waals surface area contributed by atoms with E-state index in [9.17, 15) is 5.11 Å². The van der Waals surface area contributed by atoms with Crippen molar-refractivity contribution in [1.82, 2.24) is 5.32 Å². The van der Waals surface area contributed by atoms with Crippen LogP contribution in [0.4, 0.5) is 0 Å². The summed E-state index contributed by atoms with van der Waals surface area (Å²) < 4.78 is 5.45. The lowest BCUT2D eigenvalue weighted by Gasteiger charge is -2.13. The van der Waals surface area contributed by atoms with Crippen LogP contribution < -0.4 is 10.1 Å². The quantitative estimate of drug-likeness (QED) is 0.690. The third-order valence-corrected chi connectivity index (χ3v) is 2.60. The molecular weight excluding hydrogens is 226 g/mol. The van der Waals surface area contributed by atoms with Gasteiger partial charge in [-0.1, -0.05) is 37.5 Å². The molecule has 3 heteroatoms. The van der Waals surface area contributed by atoms with Gasteiger partial charge in [0.2, 0.25) is 0 Å². The largest absolute Gasteiger partial charge is 0.481 e. The summed E-state index contributed by atoms with van der Waals surface area (Å²) in [5.74, 6) is 3.25. The van der Waals surface area contributed by atoms with Crippen LogP contribution in [-0.2, 0) is 6.54 Å². The molecular formula is C15H21NO2. The van der Waals surface area contributed by atoms with Crippen molar-refractivity contribution in [2.75, 3.05) is 13.2 Å². The number of aliphatic hydroxyl groups excluding tert-OH is 1. The SMILES string of the molecule is C#CCOc1ccccc1CNCC(O)CCC. The first-order valence-corrected chi connectivity index (χ1v) is 6.30. The fraction of sp³-hybridized carbons (Fsp3) is 0.467. The zero-order chi connectivity index (χ0) is 13.2. The van der Waals surface area contributed by atoms with E-state index in [0.29, 0.717) is 13.1 Å². The van der Waals surface area contributed by atoms with Crippen molar-refractivity contribution in [3.05, 3.63) is 29.8 Å². The number of hydrogen-bond acceptors (Lipinski definition) is 3. The summed E-state index contributed by atoms with van der Waals surface area (Å²) in [4.78, 5) is 0. The van der Waals surface area contributed by atoms with Gasteiger partial charge in [-0.05, 0) is 12.5 Å². The molecule has 1 aromatic rings. The first-order valence-electron chi connectivity index (χ1n) is 6.30. The molecule has 18 heavy (non-hydrogen) atoms. The number of hydrogen-bond donors (Lipinski definition) is 2. The van der Waals surface area contributed by atoms with E-state index in [1.165, 1.54) is 0 Å². The minimum atomic E-state index is -0.284. The summed E-state index contributed by atoms with van der Waals surface area (Å²) in [7, 11) is 0. The summed E-state index contributed by atoms with van der Waals surface area (Å²) >= 11 is 0. The lowest BCUT2D eigenvalue weighted by molar-refractivity contribution is 0.160. The molecule has 1 atom stereocenters. The summed E-state index contributed by atoms with van der Waals surface area (Å²) in [6, 6.07) is 7.77. The molecule has 0 fully saturated rings. The van der Waals surface area contributed by atoms with Crippen LogP contribution in [0.5, 0.6) is 5.75 Å². The van der Waals surface area contributed by atoms with E-state index in [4.69, 9.17) is 11.2 Å². The molecule has 98 valence electrons. The molecule has 0 heterocycles. The van der Waals surface area contributed by atoms with Gasteiger partial charge in [0.15, 0.2) is 0 Å². The molecule has 3 nitrogen and oxygen atoms in total. The number of para-hydroxylation sites is 1. The predicted octanol–water partition coefficient (Wildman–Crippen LogP) is 1.95. The Morgan fingerprint density at radius 1 is 1.44 bits per heavy atom. The molecule has 1 aromatic carbocycles. The maximum absolute atomic E-state index is 9.62. The van der Waals surface area contributed by atoms with Gasteiger partial charge < -0.3 is 15.2 Å². The number of nitrogens with one attached hydrogen (secondary N) is 1. The highest BCUT2D eigenvalue weighted by Gasteiger charge is 2.04. The van der Waals surface area contributed by atoms with Crippen LogP contribution in [-0.4, -0.2) is 24.4 Å².